The lowest BCUT2D eigenvalue weighted by Gasteiger charge is -2.41. The van der Waals surface area contributed by atoms with Crippen LogP contribution in [0.3, 0.4) is 0 Å². The molecule has 1 aliphatic rings. The standard InChI is InChI=1S/C23H33FO7/c1-22(2,3)20(26)29-13-15-16(24)18(31-21(27)23(4,5)6)17(25)19(30-15)28-12-14-10-8-7-9-11-14/h7-11,15-19,25H,12-13H2,1-6H3/t15?,16-,17+,18-,19?/m0/s1. The first-order chi connectivity index (χ1) is 14.3. The highest BCUT2D eigenvalue weighted by Crippen LogP contribution is 2.30. The molecule has 1 N–H and O–H groups in total. The van der Waals surface area contributed by atoms with E-state index in [1.54, 1.807) is 41.5 Å². The van der Waals surface area contributed by atoms with Gasteiger partial charge in [-0.2, -0.15) is 0 Å². The van der Waals surface area contributed by atoms with Crippen molar-refractivity contribution in [2.45, 2.75) is 78.9 Å². The van der Waals surface area contributed by atoms with Crippen LogP contribution in [0.2, 0.25) is 0 Å². The summed E-state index contributed by atoms with van der Waals surface area (Å²) in [4.78, 5) is 24.4. The van der Waals surface area contributed by atoms with Crippen LogP contribution >= 0.6 is 0 Å². The Hall–Kier alpha value is -2.03. The van der Waals surface area contributed by atoms with Gasteiger partial charge in [0.2, 0.25) is 0 Å². The number of ether oxygens (including phenoxy) is 4. The fraction of sp³-hybridized carbons (Fsp3) is 0.652. The third-order valence-corrected chi connectivity index (χ3v) is 4.70. The van der Waals surface area contributed by atoms with Crippen molar-refractivity contribution in [3.8, 4) is 0 Å². The van der Waals surface area contributed by atoms with Crippen molar-refractivity contribution in [2.75, 3.05) is 6.61 Å². The topological polar surface area (TPSA) is 91.3 Å². The van der Waals surface area contributed by atoms with Gasteiger partial charge in [-0.25, -0.2) is 4.39 Å². The molecule has 2 rings (SSSR count). The maximum absolute atomic E-state index is 15.2. The Morgan fingerprint density at radius 2 is 1.61 bits per heavy atom. The predicted octanol–water partition coefficient (Wildman–Crippen LogP) is 3.17. The Kier molecular flexibility index (Phi) is 8.19. The lowest BCUT2D eigenvalue weighted by Crippen LogP contribution is -2.59. The number of aliphatic hydroxyl groups is 1. The van der Waals surface area contributed by atoms with Crippen molar-refractivity contribution in [2.24, 2.45) is 10.8 Å². The molecular weight excluding hydrogens is 407 g/mol. The zero-order valence-corrected chi connectivity index (χ0v) is 19.0. The second-order valence-corrected chi connectivity index (χ2v) is 9.74. The molecule has 5 atom stereocenters. The maximum atomic E-state index is 15.2. The second-order valence-electron chi connectivity index (χ2n) is 9.74. The molecule has 0 bridgehead atoms. The van der Waals surface area contributed by atoms with E-state index >= 15 is 4.39 Å². The number of hydrogen-bond acceptors (Lipinski definition) is 7. The molecule has 8 heteroatoms. The largest absolute Gasteiger partial charge is 0.462 e. The van der Waals surface area contributed by atoms with Gasteiger partial charge in [-0.15, -0.1) is 0 Å². The quantitative estimate of drug-likeness (QED) is 0.680. The van der Waals surface area contributed by atoms with Crippen LogP contribution < -0.4 is 0 Å². The highest BCUT2D eigenvalue weighted by atomic mass is 19.1. The molecule has 0 aliphatic carbocycles. The van der Waals surface area contributed by atoms with Crippen molar-refractivity contribution < 1.29 is 38.0 Å². The molecule has 1 saturated heterocycles. The van der Waals surface area contributed by atoms with Gasteiger partial charge in [0, 0.05) is 0 Å². The van der Waals surface area contributed by atoms with E-state index in [-0.39, 0.29) is 6.61 Å². The van der Waals surface area contributed by atoms with E-state index in [9.17, 15) is 14.7 Å². The van der Waals surface area contributed by atoms with Crippen LogP contribution in [0.25, 0.3) is 0 Å². The normalized spacial score (nSPS) is 26.9. The van der Waals surface area contributed by atoms with E-state index < -0.39 is 60.1 Å². The van der Waals surface area contributed by atoms with Crippen LogP contribution in [-0.2, 0) is 35.1 Å². The average molecular weight is 441 g/mol. The summed E-state index contributed by atoms with van der Waals surface area (Å²) in [5.74, 6) is -1.20. The van der Waals surface area contributed by atoms with Crippen molar-refractivity contribution in [1.29, 1.82) is 0 Å². The number of alkyl halides is 1. The number of hydrogen-bond donors (Lipinski definition) is 1. The minimum absolute atomic E-state index is 0.0912. The van der Waals surface area contributed by atoms with Gasteiger partial charge in [0.05, 0.1) is 17.4 Å². The molecule has 2 unspecified atom stereocenters. The van der Waals surface area contributed by atoms with E-state index in [2.05, 4.69) is 0 Å². The number of benzene rings is 1. The van der Waals surface area contributed by atoms with Gasteiger partial charge >= 0.3 is 11.9 Å². The molecule has 1 aromatic rings. The van der Waals surface area contributed by atoms with E-state index in [1.807, 2.05) is 30.3 Å². The fourth-order valence-electron chi connectivity index (χ4n) is 2.71. The first-order valence-electron chi connectivity index (χ1n) is 10.3. The smallest absolute Gasteiger partial charge is 0.311 e. The van der Waals surface area contributed by atoms with E-state index in [0.717, 1.165) is 5.56 Å². The maximum Gasteiger partial charge on any atom is 0.311 e. The van der Waals surface area contributed by atoms with Gasteiger partial charge in [-0.3, -0.25) is 9.59 Å². The lowest BCUT2D eigenvalue weighted by atomic mass is 9.95. The molecule has 0 amide bonds. The molecule has 31 heavy (non-hydrogen) atoms. The van der Waals surface area contributed by atoms with Crippen LogP contribution in [0.15, 0.2) is 30.3 Å². The third kappa shape index (κ3) is 6.98. The second kappa shape index (κ2) is 10.1. The summed E-state index contributed by atoms with van der Waals surface area (Å²) in [6.07, 6.45) is -7.54. The first kappa shape index (κ1) is 25.2. The number of aliphatic hydroxyl groups excluding tert-OH is 1. The summed E-state index contributed by atoms with van der Waals surface area (Å²) in [7, 11) is 0. The highest BCUT2D eigenvalue weighted by Gasteiger charge is 2.50. The SMILES string of the molecule is CC(C)(C)C(=O)OCC1OC(OCc2ccccc2)[C@H](O)[C@@H](OC(=O)C(C)(C)C)[C@H]1F. The molecule has 0 aromatic heterocycles. The van der Waals surface area contributed by atoms with Crippen LogP contribution in [0, 0.1) is 10.8 Å². The molecule has 1 aromatic carbocycles. The molecule has 0 spiro atoms. The highest BCUT2D eigenvalue weighted by molar-refractivity contribution is 5.76. The van der Waals surface area contributed by atoms with E-state index in [4.69, 9.17) is 18.9 Å². The summed E-state index contributed by atoms with van der Waals surface area (Å²) < 4.78 is 36.9. The van der Waals surface area contributed by atoms with Gasteiger partial charge in [0.1, 0.15) is 18.8 Å². The summed E-state index contributed by atoms with van der Waals surface area (Å²) in [6.45, 7) is 9.59. The van der Waals surface area contributed by atoms with Gasteiger partial charge in [-0.1, -0.05) is 30.3 Å². The Morgan fingerprint density at radius 1 is 1.03 bits per heavy atom. The zero-order chi connectivity index (χ0) is 23.4. The number of carbonyl (C=O) groups is 2. The number of rotatable bonds is 6. The zero-order valence-electron chi connectivity index (χ0n) is 19.0. The van der Waals surface area contributed by atoms with Crippen molar-refractivity contribution >= 4 is 11.9 Å². The fourth-order valence-corrected chi connectivity index (χ4v) is 2.71. The summed E-state index contributed by atoms with van der Waals surface area (Å²) in [5.41, 5.74) is -0.854. The van der Waals surface area contributed by atoms with Crippen molar-refractivity contribution in [3.05, 3.63) is 35.9 Å². The van der Waals surface area contributed by atoms with Gasteiger partial charge < -0.3 is 24.1 Å². The van der Waals surface area contributed by atoms with Crippen molar-refractivity contribution in [3.63, 3.8) is 0 Å². The van der Waals surface area contributed by atoms with Crippen LogP contribution in [-0.4, -0.2) is 54.4 Å². The van der Waals surface area contributed by atoms with Crippen molar-refractivity contribution in [1.82, 2.24) is 0 Å². The lowest BCUT2D eigenvalue weighted by molar-refractivity contribution is -0.298. The van der Waals surface area contributed by atoms with Gasteiger partial charge in [0.25, 0.3) is 0 Å². The first-order valence-corrected chi connectivity index (χ1v) is 10.3. The van der Waals surface area contributed by atoms with Crippen LogP contribution in [0.4, 0.5) is 4.39 Å². The number of carbonyl (C=O) groups excluding carboxylic acids is 2. The molecule has 0 radical (unpaired) electrons. The minimum Gasteiger partial charge on any atom is -0.462 e. The molecule has 7 nitrogen and oxygen atoms in total. The predicted molar refractivity (Wildman–Crippen MR) is 111 cm³/mol. The van der Waals surface area contributed by atoms with Gasteiger partial charge in [-0.05, 0) is 47.1 Å². The van der Waals surface area contributed by atoms with Gasteiger partial charge in [0.15, 0.2) is 18.6 Å². The van der Waals surface area contributed by atoms with Crippen LogP contribution in [0.5, 0.6) is 0 Å². The van der Waals surface area contributed by atoms with Crippen LogP contribution in [0.1, 0.15) is 47.1 Å². The molecule has 1 aliphatic heterocycles. The Balaban J connectivity index is 2.16. The molecular formula is C23H33FO7. The third-order valence-electron chi connectivity index (χ3n) is 4.70. The molecule has 1 heterocycles. The Labute approximate surface area is 182 Å². The van der Waals surface area contributed by atoms with E-state index in [1.165, 1.54) is 0 Å². The minimum atomic E-state index is -1.91. The monoisotopic (exact) mass is 440 g/mol. The Bertz CT molecular complexity index is 739. The molecule has 174 valence electrons. The molecule has 1 fully saturated rings. The number of halogens is 1. The van der Waals surface area contributed by atoms with E-state index in [0.29, 0.717) is 0 Å². The summed E-state index contributed by atoms with van der Waals surface area (Å²) in [5, 5.41) is 10.6. The average Bonchev–Trinajstić information content (AvgIpc) is 2.68. The molecule has 0 saturated carbocycles. The Morgan fingerprint density at radius 3 is 2.16 bits per heavy atom. The number of esters is 2. The summed E-state index contributed by atoms with van der Waals surface area (Å²) in [6, 6.07) is 9.17. The summed E-state index contributed by atoms with van der Waals surface area (Å²) >= 11 is 0.